The average Bonchev–Trinajstić information content (AvgIpc) is 1.70. The molecule has 0 aromatic carbocycles. The number of likely N-dealkylation sites (tertiary alicyclic amines) is 6. The van der Waals surface area contributed by atoms with Crippen molar-refractivity contribution in [2.45, 2.75) is 114 Å². The normalized spacial score (nSPS) is 23.8. The third-order valence-electron chi connectivity index (χ3n) is 21.3. The van der Waals surface area contributed by atoms with Crippen LogP contribution >= 0.6 is 35.3 Å². The molecule has 0 aromatic heterocycles. The van der Waals surface area contributed by atoms with Crippen LogP contribution in [0, 0.1) is 11.8 Å². The van der Waals surface area contributed by atoms with Gasteiger partial charge < -0.3 is 28.4 Å². The molecule has 12 heterocycles. The van der Waals surface area contributed by atoms with Gasteiger partial charge in [-0.25, -0.2) is 0 Å². The molecule has 6 unspecified atom stereocenters. The van der Waals surface area contributed by atoms with Crippen molar-refractivity contribution in [3.8, 4) is 0 Å². The summed E-state index contributed by atoms with van der Waals surface area (Å²) < 4.78 is 35.2. The number of carbonyl (C=O) groups is 24. The lowest BCUT2D eigenvalue weighted by molar-refractivity contribution is -0.148. The number of carbonyl (C=O) groups excluding carboxylic acids is 24. The summed E-state index contributed by atoms with van der Waals surface area (Å²) in [5.41, 5.74) is 0. The lowest BCUT2D eigenvalue weighted by atomic mass is 10.1. The Morgan fingerprint density at radius 2 is 0.393 bits per heavy atom. The largest absolute Gasteiger partial charge is 0.367 e. The summed E-state index contributed by atoms with van der Waals surface area (Å²) in [4.78, 5) is 314. The summed E-state index contributed by atoms with van der Waals surface area (Å²) in [5.74, 6) is -14.5. The number of hydrogen-bond acceptors (Lipinski definition) is 33. The maximum Gasteiger partial charge on any atom is 0.267 e. The highest BCUT2D eigenvalue weighted by molar-refractivity contribution is 8.03. The Labute approximate surface area is 707 Å². The first-order valence-corrected chi connectivity index (χ1v) is 42.7. The second-order valence-electron chi connectivity index (χ2n) is 29.3. The van der Waals surface area contributed by atoms with Gasteiger partial charge in [0.2, 0.25) is 35.4 Å². The van der Waals surface area contributed by atoms with Crippen LogP contribution in [0.2, 0.25) is 0 Å². The molecule has 24 amide bonds. The van der Waals surface area contributed by atoms with Crippen LogP contribution in [-0.2, 0) is 143 Å². The van der Waals surface area contributed by atoms with Gasteiger partial charge in [-0.1, -0.05) is 0 Å². The molecule has 0 radical (unpaired) electrons. The highest BCUT2D eigenvalue weighted by atomic mass is 32.2. The predicted octanol–water partition coefficient (Wildman–Crippen LogP) is -3.97. The summed E-state index contributed by atoms with van der Waals surface area (Å²) in [6.45, 7) is -2.24. The Morgan fingerprint density at radius 1 is 0.238 bits per heavy atom. The van der Waals surface area contributed by atoms with Crippen LogP contribution in [0.4, 0.5) is 0 Å². The summed E-state index contributed by atoms with van der Waals surface area (Å²) >= 11 is 3.41. The van der Waals surface area contributed by atoms with Crippen molar-refractivity contribution < 1.29 is 143 Å². The maximum absolute atomic E-state index is 13.3. The second-order valence-corrected chi connectivity index (χ2v) is 31.9. The number of amides is 24. The lowest BCUT2D eigenvalue weighted by Gasteiger charge is -2.23. The third-order valence-corrected chi connectivity index (χ3v) is 23.5. The number of imide groups is 12. The number of hydrogen-bond donors (Lipinski definition) is 0. The fourth-order valence-corrected chi connectivity index (χ4v) is 16.2. The van der Waals surface area contributed by atoms with E-state index in [0.717, 1.165) is 131 Å². The zero-order valence-corrected chi connectivity index (χ0v) is 68.8. The molecule has 0 aromatic rings. The van der Waals surface area contributed by atoms with E-state index in [2.05, 4.69) is 0 Å². The summed E-state index contributed by atoms with van der Waals surface area (Å²) in [7, 11) is 0. The summed E-state index contributed by atoms with van der Waals surface area (Å²) in [6.07, 6.45) is 7.10. The highest BCUT2D eigenvalue weighted by Crippen LogP contribution is 2.30. The van der Waals surface area contributed by atoms with Gasteiger partial charge in [0.1, 0.15) is 36.6 Å². The van der Waals surface area contributed by atoms with Crippen LogP contribution in [0.25, 0.3) is 0 Å². The smallest absolute Gasteiger partial charge is 0.267 e. The van der Waals surface area contributed by atoms with Crippen molar-refractivity contribution in [2.75, 3.05) is 137 Å². The fourth-order valence-electron chi connectivity index (χ4n) is 14.7. The molecular formula is C77H86N12O30S3. The van der Waals surface area contributed by atoms with E-state index in [-0.39, 0.29) is 210 Å². The van der Waals surface area contributed by atoms with Gasteiger partial charge in [0.25, 0.3) is 106 Å². The summed E-state index contributed by atoms with van der Waals surface area (Å²) in [5, 5.41) is 0. The number of thioether (sulfide) groups is 3. The van der Waals surface area contributed by atoms with Crippen molar-refractivity contribution in [3.63, 3.8) is 0 Å². The van der Waals surface area contributed by atoms with Crippen molar-refractivity contribution in [2.24, 2.45) is 11.8 Å². The average molecular weight is 1760 g/mol. The Bertz CT molecular complexity index is 4130. The maximum atomic E-state index is 13.3. The van der Waals surface area contributed by atoms with Gasteiger partial charge in [-0.15, -0.1) is 35.3 Å². The predicted molar refractivity (Wildman–Crippen MR) is 414 cm³/mol. The molecule has 45 heteroatoms. The van der Waals surface area contributed by atoms with Gasteiger partial charge in [-0.05, 0) is 57.3 Å². The molecule has 6 fully saturated rings. The van der Waals surface area contributed by atoms with Crippen LogP contribution in [0.1, 0.15) is 77.0 Å². The van der Waals surface area contributed by atoms with Crippen molar-refractivity contribution in [1.29, 1.82) is 0 Å². The molecular weight excluding hydrogens is 1670 g/mol. The van der Waals surface area contributed by atoms with Gasteiger partial charge in [0.15, 0.2) is 0 Å². The molecule has 6 atom stereocenters. The van der Waals surface area contributed by atoms with E-state index in [4.69, 9.17) is 28.4 Å². The number of nitrogens with zero attached hydrogens (tertiary/aromatic N) is 12. The topological polar surface area (TPSA) is 504 Å². The van der Waals surface area contributed by atoms with Gasteiger partial charge in [0.05, 0.1) is 92.9 Å². The highest BCUT2D eigenvalue weighted by Gasteiger charge is 2.48. The van der Waals surface area contributed by atoms with Crippen molar-refractivity contribution in [1.82, 2.24) is 58.8 Å². The van der Waals surface area contributed by atoms with Crippen LogP contribution in [0.3, 0.4) is 0 Å². The van der Waals surface area contributed by atoms with E-state index < -0.39 is 190 Å². The molecule has 12 aliphatic rings. The zero-order chi connectivity index (χ0) is 88.1. The molecule has 0 saturated carbocycles. The number of rotatable bonds is 45. The molecule has 6 saturated heterocycles. The van der Waals surface area contributed by atoms with E-state index >= 15 is 0 Å². The first-order chi connectivity index (χ1) is 58.3. The van der Waals surface area contributed by atoms with Crippen LogP contribution in [-0.4, -0.2) is 374 Å². The van der Waals surface area contributed by atoms with E-state index in [9.17, 15) is 115 Å². The minimum Gasteiger partial charge on any atom is -0.367 e. The number of ether oxygens (including phenoxy) is 6. The van der Waals surface area contributed by atoms with Crippen LogP contribution in [0.5, 0.6) is 0 Å². The molecule has 0 aliphatic carbocycles. The quantitative estimate of drug-likeness (QED) is 0.0525. The van der Waals surface area contributed by atoms with Crippen LogP contribution in [0.15, 0.2) is 69.4 Å². The van der Waals surface area contributed by atoms with Gasteiger partial charge >= 0.3 is 0 Å². The zero-order valence-electron chi connectivity index (χ0n) is 66.4. The first-order valence-electron chi connectivity index (χ1n) is 39.0. The van der Waals surface area contributed by atoms with Crippen molar-refractivity contribution in [3.05, 3.63) is 69.4 Å². The van der Waals surface area contributed by atoms with E-state index in [1.54, 1.807) is 18.8 Å². The molecule has 122 heavy (non-hydrogen) atoms. The molecule has 0 spiro atoms. The molecule has 12 rings (SSSR count). The Hall–Kier alpha value is -11.1. The van der Waals surface area contributed by atoms with Gasteiger partial charge in [-0.3, -0.25) is 174 Å². The fraction of sp³-hybridized carbons (Fsp3) is 0.532. The second kappa shape index (κ2) is 41.2. The first kappa shape index (κ1) is 91.7. The van der Waals surface area contributed by atoms with Gasteiger partial charge in [-0.2, -0.15) is 0 Å². The van der Waals surface area contributed by atoms with E-state index in [0.29, 0.717) is 0 Å². The molecule has 652 valence electrons. The standard InChI is InChI=1S/C40H46N6O15S3.C37H40N6O15/c1-62-26-16-32(50)44(38(26)56)10-4-7-41-29(47)13-23(35(41)53)59-19-22(20-60-24-14-30(48)42(36(24)54)8-5-11-45-33(51)17-27(63-2)39(45)57)21-61-25-15-31(49)43(37(25)55)9-6-12-46-34(52)18-28(64-3)40(46)58;44-26-4-5-27(45)38(26)10-1-13-41-32(50)16-23(35(41)53)56-19-22(20-57-24-17-33(51)42(36(24)54)14-2-11-39-28(46)6-7-29(39)47)21-58-25-18-34(52)43(37(25)55)15-3-12-40-30(48)8-9-31(40)49/h16-18,22-25H,4-15,19-21H2,1-3H3;4-9,22-25H,1-3,10-21H2. The monoisotopic (exact) mass is 1750 g/mol. The molecule has 12 aliphatic heterocycles. The van der Waals surface area contributed by atoms with Crippen molar-refractivity contribution >= 4 is 177 Å². The summed E-state index contributed by atoms with van der Waals surface area (Å²) in [6, 6.07) is 0. The third kappa shape index (κ3) is 21.3. The lowest BCUT2D eigenvalue weighted by Crippen LogP contribution is -2.39. The SMILES string of the molecule is CSC1=CC(=O)N(CCCN2C(=O)CC(OCC(COC3CC(=O)N(CCCN4C(=O)C=C(SC)C4=O)C3=O)COC3CC(=O)N(CCCN4C(=O)C=C(SC)C4=O)C3=O)C2=O)C1=O.O=C1C=CC(=O)N1CCCN1C(=O)CC(OCC(COC2CC(=O)N(CCCN3C(=O)C=CC3=O)C2=O)COC2CC(=O)N(CCCN3C(=O)C=CC3=O)C2=O)C1=O. The van der Waals surface area contributed by atoms with Gasteiger partial charge in [0, 0.05) is 145 Å². The van der Waals surface area contributed by atoms with E-state index in [1.807, 2.05) is 0 Å². The molecule has 42 nitrogen and oxygen atoms in total. The molecule has 0 bridgehead atoms. The minimum absolute atomic E-state index is 0.00577. The molecule has 0 N–H and O–H groups in total. The Morgan fingerprint density at radius 3 is 0.549 bits per heavy atom. The van der Waals surface area contributed by atoms with Crippen LogP contribution < -0.4 is 0 Å². The minimum atomic E-state index is -1.22. The Kier molecular flexibility index (Phi) is 31.0. The Balaban J connectivity index is 0.000000239. The van der Waals surface area contributed by atoms with E-state index in [1.165, 1.54) is 18.2 Å².